The van der Waals surface area contributed by atoms with E-state index in [1.807, 2.05) is 24.3 Å². The summed E-state index contributed by atoms with van der Waals surface area (Å²) in [5.41, 5.74) is 1.56. The van der Waals surface area contributed by atoms with Crippen LogP contribution in [0.2, 0.25) is 0 Å². The largest absolute Gasteiger partial charge is 0.379 e. The Kier molecular flexibility index (Phi) is 3.47. The molecule has 1 aromatic rings. The minimum atomic E-state index is 0.132. The minimum Gasteiger partial charge on any atom is -0.379 e. The van der Waals surface area contributed by atoms with Gasteiger partial charge in [0, 0.05) is 31.0 Å². The van der Waals surface area contributed by atoms with Gasteiger partial charge in [-0.2, -0.15) is 0 Å². The van der Waals surface area contributed by atoms with Crippen molar-refractivity contribution in [1.82, 2.24) is 4.90 Å². The maximum absolute atomic E-state index is 12.8. The average molecular weight is 271 g/mol. The maximum Gasteiger partial charge on any atom is 0.256 e. The van der Waals surface area contributed by atoms with Gasteiger partial charge in [-0.25, -0.2) is 0 Å². The van der Waals surface area contributed by atoms with Gasteiger partial charge in [-0.3, -0.25) is 4.79 Å². The van der Waals surface area contributed by atoms with E-state index < -0.39 is 0 Å². The second kappa shape index (κ2) is 5.27. The number of piperidine rings is 2. The number of anilines is 1. The molecule has 3 atom stereocenters. The molecule has 1 aliphatic carbocycles. The Morgan fingerprint density at radius 2 is 2.30 bits per heavy atom. The number of carbonyl (C=O) groups excluding carboxylic acids is 1. The molecule has 1 aromatic carbocycles. The SMILES string of the molecule is C[C@@H]1C2CCN(C(=O)c3ccccc3NCC=N)[C@H]1C2. The number of para-hydroxylation sites is 1. The van der Waals surface area contributed by atoms with Crippen molar-refractivity contribution in [1.29, 1.82) is 5.41 Å². The Morgan fingerprint density at radius 3 is 3.00 bits per heavy atom. The number of hydrogen-bond acceptors (Lipinski definition) is 3. The molecule has 1 amide bonds. The maximum atomic E-state index is 12.8. The van der Waals surface area contributed by atoms with Gasteiger partial charge in [0.15, 0.2) is 0 Å². The first kappa shape index (κ1) is 13.2. The Hall–Kier alpha value is -1.84. The van der Waals surface area contributed by atoms with Crippen LogP contribution in [0.4, 0.5) is 5.69 Å². The smallest absolute Gasteiger partial charge is 0.256 e. The van der Waals surface area contributed by atoms with E-state index in [1.54, 1.807) is 0 Å². The number of rotatable bonds is 4. The van der Waals surface area contributed by atoms with E-state index in [1.165, 1.54) is 12.6 Å². The molecule has 4 rings (SSSR count). The van der Waals surface area contributed by atoms with Gasteiger partial charge in [0.2, 0.25) is 0 Å². The van der Waals surface area contributed by atoms with Crippen LogP contribution in [-0.4, -0.2) is 36.2 Å². The molecular formula is C16H21N3O. The second-order valence-electron chi connectivity index (χ2n) is 5.84. The summed E-state index contributed by atoms with van der Waals surface area (Å²) in [6.07, 6.45) is 3.61. The molecular weight excluding hydrogens is 250 g/mol. The normalized spacial score (nSPS) is 27.6. The molecule has 4 heteroatoms. The third-order valence-corrected chi connectivity index (χ3v) is 4.85. The monoisotopic (exact) mass is 271 g/mol. The van der Waals surface area contributed by atoms with Crippen molar-refractivity contribution in [3.05, 3.63) is 29.8 Å². The Morgan fingerprint density at radius 1 is 1.50 bits per heavy atom. The van der Waals surface area contributed by atoms with E-state index in [0.29, 0.717) is 18.5 Å². The molecule has 1 unspecified atom stereocenters. The highest BCUT2D eigenvalue weighted by Gasteiger charge is 2.47. The van der Waals surface area contributed by atoms with Gasteiger partial charge in [-0.1, -0.05) is 19.1 Å². The summed E-state index contributed by atoms with van der Waals surface area (Å²) in [6.45, 7) is 3.60. The van der Waals surface area contributed by atoms with E-state index in [9.17, 15) is 4.79 Å². The molecule has 1 saturated carbocycles. The van der Waals surface area contributed by atoms with Crippen LogP contribution < -0.4 is 5.32 Å². The van der Waals surface area contributed by atoms with Crippen LogP contribution in [0.25, 0.3) is 0 Å². The zero-order valence-electron chi connectivity index (χ0n) is 11.8. The van der Waals surface area contributed by atoms with Crippen LogP contribution in [0, 0.1) is 17.2 Å². The van der Waals surface area contributed by atoms with Crippen molar-refractivity contribution in [3.63, 3.8) is 0 Å². The lowest BCUT2D eigenvalue weighted by molar-refractivity contribution is -0.0296. The minimum absolute atomic E-state index is 0.132. The summed E-state index contributed by atoms with van der Waals surface area (Å²) in [5.74, 6) is 1.61. The predicted octanol–water partition coefficient (Wildman–Crippen LogP) is 2.62. The van der Waals surface area contributed by atoms with Crippen molar-refractivity contribution >= 4 is 17.8 Å². The van der Waals surface area contributed by atoms with E-state index in [4.69, 9.17) is 5.41 Å². The Balaban J connectivity index is 1.81. The Labute approximate surface area is 119 Å². The quantitative estimate of drug-likeness (QED) is 0.827. The summed E-state index contributed by atoms with van der Waals surface area (Å²) in [5, 5.41) is 10.2. The lowest BCUT2D eigenvalue weighted by Crippen LogP contribution is -2.59. The van der Waals surface area contributed by atoms with Crippen molar-refractivity contribution < 1.29 is 4.79 Å². The Bertz CT molecular complexity index is 526. The molecule has 2 aliphatic heterocycles. The van der Waals surface area contributed by atoms with Crippen LogP contribution in [0.15, 0.2) is 24.3 Å². The fraction of sp³-hybridized carbons (Fsp3) is 0.500. The highest BCUT2D eigenvalue weighted by molar-refractivity contribution is 6.00. The summed E-state index contributed by atoms with van der Waals surface area (Å²) in [7, 11) is 0. The van der Waals surface area contributed by atoms with Gasteiger partial charge >= 0.3 is 0 Å². The van der Waals surface area contributed by atoms with Crippen LogP contribution in [0.1, 0.15) is 30.1 Å². The predicted molar refractivity (Wildman–Crippen MR) is 80.4 cm³/mol. The lowest BCUT2D eigenvalue weighted by atomic mass is 9.65. The van der Waals surface area contributed by atoms with Gasteiger partial charge in [-0.15, -0.1) is 0 Å². The zero-order chi connectivity index (χ0) is 14.1. The number of hydrogen-bond donors (Lipinski definition) is 2. The van der Waals surface area contributed by atoms with Crippen molar-refractivity contribution in [2.75, 3.05) is 18.4 Å². The fourth-order valence-corrected chi connectivity index (χ4v) is 3.51. The molecule has 2 bridgehead atoms. The topological polar surface area (TPSA) is 56.2 Å². The first-order valence-electron chi connectivity index (χ1n) is 7.35. The zero-order valence-corrected chi connectivity index (χ0v) is 11.8. The summed E-state index contributed by atoms with van der Waals surface area (Å²) in [4.78, 5) is 14.8. The molecule has 2 saturated heterocycles. The van der Waals surface area contributed by atoms with Crippen molar-refractivity contribution in [3.8, 4) is 0 Å². The van der Waals surface area contributed by atoms with Crippen LogP contribution in [0.3, 0.4) is 0 Å². The van der Waals surface area contributed by atoms with Crippen LogP contribution in [-0.2, 0) is 0 Å². The number of nitrogens with zero attached hydrogens (tertiary/aromatic N) is 1. The third kappa shape index (κ3) is 2.09. The molecule has 106 valence electrons. The number of benzene rings is 1. The van der Waals surface area contributed by atoms with E-state index >= 15 is 0 Å². The van der Waals surface area contributed by atoms with Crippen molar-refractivity contribution in [2.24, 2.45) is 11.8 Å². The standard InChI is InChI=1S/C16H21N3O/c1-11-12-6-9-19(15(11)10-12)16(20)13-4-2-3-5-14(13)18-8-7-17/h2-5,7,11-12,15,17-18H,6,8-10H2,1H3/t11-,12?,15+/m1/s1. The summed E-state index contributed by atoms with van der Waals surface area (Å²) in [6, 6.07) is 8.04. The van der Waals surface area contributed by atoms with E-state index in [0.717, 1.165) is 30.1 Å². The van der Waals surface area contributed by atoms with Gasteiger partial charge < -0.3 is 15.6 Å². The molecule has 3 fully saturated rings. The van der Waals surface area contributed by atoms with Gasteiger partial charge in [0.1, 0.15) is 0 Å². The van der Waals surface area contributed by atoms with Gasteiger partial charge in [0.25, 0.3) is 5.91 Å². The number of carbonyl (C=O) groups is 1. The molecule has 2 heterocycles. The molecule has 4 nitrogen and oxygen atoms in total. The molecule has 20 heavy (non-hydrogen) atoms. The highest BCUT2D eigenvalue weighted by atomic mass is 16.2. The lowest BCUT2D eigenvalue weighted by Gasteiger charge is -2.54. The molecule has 3 aliphatic rings. The fourth-order valence-electron chi connectivity index (χ4n) is 3.51. The van der Waals surface area contributed by atoms with Gasteiger partial charge in [0.05, 0.1) is 5.56 Å². The van der Waals surface area contributed by atoms with Crippen LogP contribution in [0.5, 0.6) is 0 Å². The van der Waals surface area contributed by atoms with Crippen molar-refractivity contribution in [2.45, 2.75) is 25.8 Å². The molecule has 0 radical (unpaired) electrons. The summed E-state index contributed by atoms with van der Waals surface area (Å²) >= 11 is 0. The molecule has 0 spiro atoms. The molecule has 2 N–H and O–H groups in total. The first-order chi connectivity index (χ1) is 9.72. The third-order valence-electron chi connectivity index (χ3n) is 4.85. The number of amides is 1. The number of nitrogens with one attached hydrogen (secondary N) is 2. The van der Waals surface area contributed by atoms with Crippen LogP contribution >= 0.6 is 0 Å². The average Bonchev–Trinajstić information content (AvgIpc) is 2.51. The molecule has 0 aromatic heterocycles. The summed E-state index contributed by atoms with van der Waals surface area (Å²) < 4.78 is 0. The van der Waals surface area contributed by atoms with E-state index in [-0.39, 0.29) is 5.91 Å². The highest BCUT2D eigenvalue weighted by Crippen LogP contribution is 2.45. The number of fused-ring (bicyclic) bond motifs is 2. The van der Waals surface area contributed by atoms with Gasteiger partial charge in [-0.05, 0) is 36.8 Å². The second-order valence-corrected chi connectivity index (χ2v) is 5.84. The van der Waals surface area contributed by atoms with E-state index in [2.05, 4.69) is 17.1 Å². The first-order valence-corrected chi connectivity index (χ1v) is 7.35.